The second-order valence-electron chi connectivity index (χ2n) is 6.23. The fourth-order valence-corrected chi connectivity index (χ4v) is 3.58. The molecular weight excluding hydrogens is 294 g/mol. The molecule has 2 atom stereocenters. The highest BCUT2D eigenvalue weighted by Gasteiger charge is 2.29. The minimum absolute atomic E-state index is 0.366. The van der Waals surface area contributed by atoms with Gasteiger partial charge in [0.05, 0.1) is 7.11 Å². The largest absolute Gasteiger partial charge is 0.497 e. The average Bonchev–Trinajstić information content (AvgIpc) is 2.53. The normalized spacial score (nSPS) is 20.8. The Labute approximate surface area is 137 Å². The first-order chi connectivity index (χ1) is 10.6. The molecule has 3 rings (SSSR count). The molecule has 0 spiro atoms. The number of benzene rings is 2. The maximum Gasteiger partial charge on any atom is 0.119 e. The van der Waals surface area contributed by atoms with Crippen LogP contribution in [0.2, 0.25) is 5.02 Å². The number of likely N-dealkylation sites (N-methyl/N-ethyl adjacent to an activating group) is 1. The SMILES string of the molecule is COc1ccc2c(c1)C(c1cccc(Cl)c1)CC(N(C)C)C2. The minimum Gasteiger partial charge on any atom is -0.497 e. The summed E-state index contributed by atoms with van der Waals surface area (Å²) in [5.41, 5.74) is 4.07. The Morgan fingerprint density at radius 2 is 1.95 bits per heavy atom. The van der Waals surface area contributed by atoms with Gasteiger partial charge in [-0.15, -0.1) is 0 Å². The summed E-state index contributed by atoms with van der Waals surface area (Å²) in [5, 5.41) is 0.800. The van der Waals surface area contributed by atoms with Crippen LogP contribution in [0.15, 0.2) is 42.5 Å². The third kappa shape index (κ3) is 2.99. The maximum absolute atomic E-state index is 6.21. The lowest BCUT2D eigenvalue weighted by molar-refractivity contribution is 0.258. The summed E-state index contributed by atoms with van der Waals surface area (Å²) in [5.74, 6) is 1.29. The van der Waals surface area contributed by atoms with E-state index < -0.39 is 0 Å². The molecule has 2 nitrogen and oxygen atoms in total. The smallest absolute Gasteiger partial charge is 0.119 e. The molecule has 0 aromatic heterocycles. The van der Waals surface area contributed by atoms with Gasteiger partial charge in [-0.25, -0.2) is 0 Å². The minimum atomic E-state index is 0.366. The zero-order valence-electron chi connectivity index (χ0n) is 13.3. The van der Waals surface area contributed by atoms with Gasteiger partial charge in [0.2, 0.25) is 0 Å². The van der Waals surface area contributed by atoms with E-state index in [1.165, 1.54) is 16.7 Å². The number of hydrogen-bond acceptors (Lipinski definition) is 2. The van der Waals surface area contributed by atoms with Crippen LogP contribution in [0.4, 0.5) is 0 Å². The number of fused-ring (bicyclic) bond motifs is 1. The van der Waals surface area contributed by atoms with Crippen molar-refractivity contribution >= 4 is 11.6 Å². The van der Waals surface area contributed by atoms with Crippen LogP contribution in [-0.2, 0) is 6.42 Å². The van der Waals surface area contributed by atoms with Gasteiger partial charge >= 0.3 is 0 Å². The number of hydrogen-bond donors (Lipinski definition) is 0. The number of ether oxygens (including phenoxy) is 1. The van der Waals surface area contributed by atoms with Crippen LogP contribution in [-0.4, -0.2) is 32.1 Å². The monoisotopic (exact) mass is 315 g/mol. The predicted octanol–water partition coefficient (Wildman–Crippen LogP) is 4.36. The van der Waals surface area contributed by atoms with Crippen LogP contribution >= 0.6 is 11.6 Å². The Morgan fingerprint density at radius 3 is 2.64 bits per heavy atom. The predicted molar refractivity (Wildman–Crippen MR) is 92.1 cm³/mol. The Bertz CT molecular complexity index is 668. The molecule has 22 heavy (non-hydrogen) atoms. The number of halogens is 1. The molecule has 0 heterocycles. The van der Waals surface area contributed by atoms with Crippen LogP contribution in [0.1, 0.15) is 29.0 Å². The fourth-order valence-electron chi connectivity index (χ4n) is 3.38. The molecule has 0 saturated carbocycles. The van der Waals surface area contributed by atoms with E-state index in [0.717, 1.165) is 23.6 Å². The highest BCUT2D eigenvalue weighted by Crippen LogP contribution is 2.40. The van der Waals surface area contributed by atoms with Crippen molar-refractivity contribution in [2.24, 2.45) is 0 Å². The Morgan fingerprint density at radius 1 is 1.14 bits per heavy atom. The molecule has 0 aliphatic heterocycles. The first-order valence-electron chi connectivity index (χ1n) is 7.67. The fraction of sp³-hybridized carbons (Fsp3) is 0.368. The van der Waals surface area contributed by atoms with Crippen LogP contribution in [0.25, 0.3) is 0 Å². The van der Waals surface area contributed by atoms with Crippen molar-refractivity contribution in [1.29, 1.82) is 0 Å². The molecule has 0 saturated heterocycles. The molecule has 2 unspecified atom stereocenters. The lowest BCUT2D eigenvalue weighted by Crippen LogP contribution is -2.35. The Kier molecular flexibility index (Phi) is 4.42. The molecule has 2 aromatic rings. The van der Waals surface area contributed by atoms with Crippen molar-refractivity contribution in [3.63, 3.8) is 0 Å². The summed E-state index contributed by atoms with van der Waals surface area (Å²) < 4.78 is 5.43. The average molecular weight is 316 g/mol. The standard InChI is InChI=1S/C19H22ClNO/c1-21(2)16-10-14-7-8-17(22-3)12-19(14)18(11-16)13-5-4-6-15(20)9-13/h4-9,12,16,18H,10-11H2,1-3H3. The molecule has 0 amide bonds. The maximum atomic E-state index is 6.21. The van der Waals surface area contributed by atoms with Crippen molar-refractivity contribution in [3.8, 4) is 5.75 Å². The summed E-state index contributed by atoms with van der Waals surface area (Å²) >= 11 is 6.21. The number of methoxy groups -OCH3 is 1. The first-order valence-corrected chi connectivity index (χ1v) is 8.05. The molecule has 0 fully saturated rings. The van der Waals surface area contributed by atoms with Crippen molar-refractivity contribution < 1.29 is 4.74 Å². The second-order valence-corrected chi connectivity index (χ2v) is 6.67. The highest BCUT2D eigenvalue weighted by molar-refractivity contribution is 6.30. The van der Waals surface area contributed by atoms with Crippen LogP contribution in [0.3, 0.4) is 0 Å². The summed E-state index contributed by atoms with van der Waals surface area (Å²) in [6.45, 7) is 0. The van der Waals surface area contributed by atoms with Gasteiger partial charge < -0.3 is 9.64 Å². The lowest BCUT2D eigenvalue weighted by atomic mass is 9.76. The van der Waals surface area contributed by atoms with Gasteiger partial charge in [-0.2, -0.15) is 0 Å². The summed E-state index contributed by atoms with van der Waals surface area (Å²) in [6, 6.07) is 15.2. The van der Waals surface area contributed by atoms with E-state index in [0.29, 0.717) is 12.0 Å². The van der Waals surface area contributed by atoms with Gasteiger partial charge in [0, 0.05) is 17.0 Å². The van der Waals surface area contributed by atoms with Crippen molar-refractivity contribution in [2.45, 2.75) is 24.8 Å². The van der Waals surface area contributed by atoms with Gasteiger partial charge in [-0.05, 0) is 67.9 Å². The zero-order valence-corrected chi connectivity index (χ0v) is 14.1. The van der Waals surface area contributed by atoms with Crippen LogP contribution in [0, 0.1) is 0 Å². The lowest BCUT2D eigenvalue weighted by Gasteiger charge is -2.35. The summed E-state index contributed by atoms with van der Waals surface area (Å²) in [6.07, 6.45) is 2.19. The molecule has 0 radical (unpaired) electrons. The van der Waals surface area contributed by atoms with E-state index >= 15 is 0 Å². The molecule has 0 bridgehead atoms. The van der Waals surface area contributed by atoms with Crippen molar-refractivity contribution in [3.05, 3.63) is 64.2 Å². The third-order valence-corrected chi connectivity index (χ3v) is 4.91. The quantitative estimate of drug-likeness (QED) is 0.834. The van der Waals surface area contributed by atoms with E-state index in [-0.39, 0.29) is 0 Å². The van der Waals surface area contributed by atoms with Gasteiger partial charge in [-0.3, -0.25) is 0 Å². The van der Waals surface area contributed by atoms with Crippen molar-refractivity contribution in [1.82, 2.24) is 4.90 Å². The third-order valence-electron chi connectivity index (χ3n) is 4.67. The van der Waals surface area contributed by atoms with E-state index in [1.54, 1.807) is 7.11 Å². The van der Waals surface area contributed by atoms with E-state index in [2.05, 4.69) is 49.3 Å². The Balaban J connectivity index is 2.07. The molecule has 1 aliphatic carbocycles. The molecule has 3 heteroatoms. The zero-order chi connectivity index (χ0) is 15.7. The van der Waals surface area contributed by atoms with Gasteiger partial charge in [0.25, 0.3) is 0 Å². The van der Waals surface area contributed by atoms with Crippen LogP contribution < -0.4 is 4.74 Å². The molecule has 2 aromatic carbocycles. The highest BCUT2D eigenvalue weighted by atomic mass is 35.5. The molecule has 116 valence electrons. The summed E-state index contributed by atoms with van der Waals surface area (Å²) in [4.78, 5) is 2.32. The number of rotatable bonds is 3. The second kappa shape index (κ2) is 6.31. The molecular formula is C19H22ClNO. The number of nitrogens with zero attached hydrogens (tertiary/aromatic N) is 1. The first kappa shape index (κ1) is 15.4. The van der Waals surface area contributed by atoms with Crippen LogP contribution in [0.5, 0.6) is 5.75 Å². The van der Waals surface area contributed by atoms with E-state index in [1.807, 2.05) is 12.1 Å². The molecule has 1 aliphatic rings. The van der Waals surface area contributed by atoms with E-state index in [9.17, 15) is 0 Å². The Hall–Kier alpha value is -1.51. The topological polar surface area (TPSA) is 12.5 Å². The van der Waals surface area contributed by atoms with Gasteiger partial charge in [0.15, 0.2) is 0 Å². The van der Waals surface area contributed by atoms with Gasteiger partial charge in [0.1, 0.15) is 5.75 Å². The molecule has 0 N–H and O–H groups in total. The van der Waals surface area contributed by atoms with Crippen molar-refractivity contribution in [2.75, 3.05) is 21.2 Å². The summed E-state index contributed by atoms with van der Waals surface area (Å²) in [7, 11) is 6.05. The van der Waals surface area contributed by atoms with E-state index in [4.69, 9.17) is 16.3 Å². The van der Waals surface area contributed by atoms with Gasteiger partial charge in [-0.1, -0.05) is 29.8 Å².